The Hall–Kier alpha value is -1.15. The number of esters is 1. The Morgan fingerprint density at radius 1 is 0.947 bits per heavy atom. The number of aliphatic hydroxyl groups is 1. The van der Waals surface area contributed by atoms with Gasteiger partial charge >= 0.3 is 5.97 Å². The zero-order chi connectivity index (χ0) is 14.3. The second-order valence-corrected chi connectivity index (χ2v) is 3.32. The maximum absolute atomic E-state index is 10.9. The second-order valence-electron chi connectivity index (χ2n) is 3.32. The van der Waals surface area contributed by atoms with Gasteiger partial charge in [0.15, 0.2) is 5.76 Å². The summed E-state index contributed by atoms with van der Waals surface area (Å²) in [7, 11) is 1.26. The van der Waals surface area contributed by atoms with Crippen LogP contribution in [0.5, 0.6) is 0 Å². The average molecular weight is 278 g/mol. The molecule has 0 radical (unpaired) electrons. The van der Waals surface area contributed by atoms with E-state index in [0.29, 0.717) is 39.6 Å². The van der Waals surface area contributed by atoms with Gasteiger partial charge in [-0.1, -0.05) is 0 Å². The minimum Gasteiger partial charge on any atom is -0.485 e. The van der Waals surface area contributed by atoms with Gasteiger partial charge in [-0.05, 0) is 6.58 Å². The number of ether oxygens (including phenoxy) is 5. The van der Waals surface area contributed by atoms with E-state index in [0.717, 1.165) is 0 Å². The Morgan fingerprint density at radius 2 is 1.42 bits per heavy atom. The SMILES string of the molecule is C=C(OCCOCCOCCOCCO)C(=O)OC. The van der Waals surface area contributed by atoms with Crippen molar-refractivity contribution in [2.45, 2.75) is 0 Å². The standard InChI is InChI=1S/C12H22O7/c1-11(12(14)15-2)19-10-9-18-8-7-17-6-5-16-4-3-13/h13H,1,3-10H2,2H3. The monoisotopic (exact) mass is 278 g/mol. The molecular weight excluding hydrogens is 256 g/mol. The topological polar surface area (TPSA) is 83.5 Å². The zero-order valence-electron chi connectivity index (χ0n) is 11.3. The molecule has 0 aliphatic heterocycles. The van der Waals surface area contributed by atoms with Gasteiger partial charge in [-0.2, -0.15) is 0 Å². The van der Waals surface area contributed by atoms with E-state index in [2.05, 4.69) is 11.3 Å². The molecule has 0 heterocycles. The first kappa shape index (κ1) is 17.8. The summed E-state index contributed by atoms with van der Waals surface area (Å²) >= 11 is 0. The molecule has 0 rings (SSSR count). The summed E-state index contributed by atoms with van der Waals surface area (Å²) in [4.78, 5) is 10.9. The lowest BCUT2D eigenvalue weighted by Crippen LogP contribution is -2.14. The predicted octanol–water partition coefficient (Wildman–Crippen LogP) is -0.268. The zero-order valence-corrected chi connectivity index (χ0v) is 11.3. The summed E-state index contributed by atoms with van der Waals surface area (Å²) in [5.41, 5.74) is 0. The number of carbonyl (C=O) groups excluding carboxylic acids is 1. The molecule has 112 valence electrons. The molecule has 7 nitrogen and oxygen atoms in total. The van der Waals surface area contributed by atoms with Crippen LogP contribution in [0.25, 0.3) is 0 Å². The number of hydrogen-bond acceptors (Lipinski definition) is 7. The third-order valence-corrected chi connectivity index (χ3v) is 1.90. The highest BCUT2D eigenvalue weighted by molar-refractivity contribution is 5.85. The van der Waals surface area contributed by atoms with Crippen LogP contribution in [0, 0.1) is 0 Å². The van der Waals surface area contributed by atoms with E-state index in [9.17, 15) is 4.79 Å². The predicted molar refractivity (Wildman–Crippen MR) is 66.7 cm³/mol. The van der Waals surface area contributed by atoms with E-state index >= 15 is 0 Å². The molecule has 0 amide bonds. The number of carbonyl (C=O) groups is 1. The van der Waals surface area contributed by atoms with Crippen LogP contribution in [0.15, 0.2) is 12.3 Å². The highest BCUT2D eigenvalue weighted by Gasteiger charge is 2.06. The van der Waals surface area contributed by atoms with Gasteiger partial charge in [0.2, 0.25) is 0 Å². The van der Waals surface area contributed by atoms with E-state index < -0.39 is 5.97 Å². The third-order valence-electron chi connectivity index (χ3n) is 1.90. The maximum atomic E-state index is 10.9. The van der Waals surface area contributed by atoms with Gasteiger partial charge in [0.25, 0.3) is 0 Å². The largest absolute Gasteiger partial charge is 0.485 e. The van der Waals surface area contributed by atoms with Gasteiger partial charge in [0.05, 0.1) is 53.4 Å². The molecule has 0 saturated carbocycles. The van der Waals surface area contributed by atoms with Crippen molar-refractivity contribution >= 4 is 5.97 Å². The first-order valence-electron chi connectivity index (χ1n) is 5.96. The molecule has 0 atom stereocenters. The normalized spacial score (nSPS) is 10.2. The van der Waals surface area contributed by atoms with Gasteiger partial charge in [-0.15, -0.1) is 0 Å². The van der Waals surface area contributed by atoms with Gasteiger partial charge in [-0.3, -0.25) is 0 Å². The van der Waals surface area contributed by atoms with E-state index in [4.69, 9.17) is 24.1 Å². The van der Waals surface area contributed by atoms with Gasteiger partial charge in [0, 0.05) is 0 Å². The quantitative estimate of drug-likeness (QED) is 0.215. The van der Waals surface area contributed by atoms with Crippen LogP contribution in [-0.2, 0) is 28.5 Å². The van der Waals surface area contributed by atoms with Crippen molar-refractivity contribution in [3.8, 4) is 0 Å². The first-order chi connectivity index (χ1) is 9.22. The smallest absolute Gasteiger partial charge is 0.372 e. The summed E-state index contributed by atoms with van der Waals surface area (Å²) in [5.74, 6) is -0.630. The van der Waals surface area contributed by atoms with Crippen molar-refractivity contribution in [2.24, 2.45) is 0 Å². The molecule has 0 aromatic rings. The number of hydrogen-bond donors (Lipinski definition) is 1. The molecular formula is C12H22O7. The van der Waals surface area contributed by atoms with Crippen LogP contribution in [0.3, 0.4) is 0 Å². The van der Waals surface area contributed by atoms with E-state index in [1.54, 1.807) is 0 Å². The van der Waals surface area contributed by atoms with Gasteiger partial charge < -0.3 is 28.8 Å². The minimum absolute atomic E-state index is 0.0139. The molecule has 7 heteroatoms. The molecule has 0 aliphatic carbocycles. The summed E-state index contributed by atoms with van der Waals surface area (Å²) in [6, 6.07) is 0. The lowest BCUT2D eigenvalue weighted by Gasteiger charge is -2.08. The highest BCUT2D eigenvalue weighted by atomic mass is 16.6. The van der Waals surface area contributed by atoms with Crippen LogP contribution in [0.2, 0.25) is 0 Å². The van der Waals surface area contributed by atoms with Crippen LogP contribution in [0.1, 0.15) is 0 Å². The Bertz CT molecular complexity index is 242. The maximum Gasteiger partial charge on any atom is 0.372 e. The van der Waals surface area contributed by atoms with Gasteiger partial charge in [0.1, 0.15) is 6.61 Å². The molecule has 0 unspecified atom stereocenters. The molecule has 19 heavy (non-hydrogen) atoms. The molecule has 0 aromatic heterocycles. The van der Waals surface area contributed by atoms with Crippen molar-refractivity contribution in [3.63, 3.8) is 0 Å². The van der Waals surface area contributed by atoms with Crippen LogP contribution in [-0.4, -0.2) is 71.0 Å². The highest BCUT2D eigenvalue weighted by Crippen LogP contribution is 1.95. The summed E-state index contributed by atoms with van der Waals surface area (Å²) in [5, 5.41) is 8.45. The van der Waals surface area contributed by atoms with Crippen LogP contribution >= 0.6 is 0 Å². The van der Waals surface area contributed by atoms with Crippen LogP contribution < -0.4 is 0 Å². The van der Waals surface area contributed by atoms with E-state index in [-0.39, 0.29) is 19.0 Å². The number of rotatable bonds is 13. The minimum atomic E-state index is -0.591. The van der Waals surface area contributed by atoms with Crippen molar-refractivity contribution in [1.82, 2.24) is 0 Å². The summed E-state index contributed by atoms with van der Waals surface area (Å²) in [6.45, 7) is 6.07. The lowest BCUT2D eigenvalue weighted by molar-refractivity contribution is -0.140. The number of aliphatic hydroxyl groups excluding tert-OH is 1. The molecule has 0 aliphatic rings. The summed E-state index contributed by atoms with van der Waals surface area (Å²) in [6.07, 6.45) is 0. The Labute approximate surface area is 113 Å². The third kappa shape index (κ3) is 11.7. The van der Waals surface area contributed by atoms with Gasteiger partial charge in [-0.25, -0.2) is 4.79 Å². The molecule has 0 spiro atoms. The fourth-order valence-electron chi connectivity index (χ4n) is 1.00. The van der Waals surface area contributed by atoms with Crippen molar-refractivity contribution in [3.05, 3.63) is 12.3 Å². The molecule has 1 N–H and O–H groups in total. The Kier molecular flexibility index (Phi) is 12.5. The number of methoxy groups -OCH3 is 1. The van der Waals surface area contributed by atoms with E-state index in [1.165, 1.54) is 7.11 Å². The first-order valence-corrected chi connectivity index (χ1v) is 5.96. The van der Waals surface area contributed by atoms with E-state index in [1.807, 2.05) is 0 Å². The van der Waals surface area contributed by atoms with Crippen molar-refractivity contribution < 1.29 is 33.6 Å². The Balaban J connectivity index is 3.15. The molecule has 0 aromatic carbocycles. The average Bonchev–Trinajstić information content (AvgIpc) is 2.43. The fraction of sp³-hybridized carbons (Fsp3) is 0.750. The Morgan fingerprint density at radius 3 is 1.89 bits per heavy atom. The van der Waals surface area contributed by atoms with Crippen LogP contribution in [0.4, 0.5) is 0 Å². The molecule has 0 bridgehead atoms. The molecule has 0 fully saturated rings. The lowest BCUT2D eigenvalue weighted by atomic mass is 10.5. The molecule has 0 saturated heterocycles. The van der Waals surface area contributed by atoms with Crippen molar-refractivity contribution in [2.75, 3.05) is 60.0 Å². The fourth-order valence-corrected chi connectivity index (χ4v) is 1.00. The second kappa shape index (κ2) is 13.3. The summed E-state index contributed by atoms with van der Waals surface area (Å²) < 4.78 is 24.8. The van der Waals surface area contributed by atoms with Crippen molar-refractivity contribution in [1.29, 1.82) is 0 Å².